The number of nitrogen functional groups attached to an aromatic ring is 1. The van der Waals surface area contributed by atoms with Gasteiger partial charge in [-0.15, -0.1) is 10.2 Å². The summed E-state index contributed by atoms with van der Waals surface area (Å²) in [6, 6.07) is 18.4. The Hall–Kier alpha value is -6.92. The van der Waals surface area contributed by atoms with Crippen LogP contribution in [-0.4, -0.2) is 91.6 Å². The van der Waals surface area contributed by atoms with Crippen molar-refractivity contribution in [3.63, 3.8) is 0 Å². The highest BCUT2D eigenvalue weighted by molar-refractivity contribution is 6.12. The molecule has 344 valence electrons. The van der Waals surface area contributed by atoms with E-state index in [0.717, 1.165) is 5.69 Å². The van der Waals surface area contributed by atoms with Crippen LogP contribution in [0.4, 0.5) is 30.8 Å². The average molecular weight is 881 g/mol. The largest absolute Gasteiger partial charge is 0.519 e. The molecule has 0 atom stereocenters. The summed E-state index contributed by atoms with van der Waals surface area (Å²) in [7, 11) is 0. The first-order valence-corrected chi connectivity index (χ1v) is 19.8. The van der Waals surface area contributed by atoms with Crippen molar-refractivity contribution in [3.8, 4) is 11.4 Å². The number of ether oxygens (including phenoxy) is 7. The quantitative estimate of drug-likeness (QED) is 0.103. The monoisotopic (exact) mass is 880 g/mol. The first-order chi connectivity index (χ1) is 29.0. The van der Waals surface area contributed by atoms with E-state index < -0.39 is 58.8 Å². The van der Waals surface area contributed by atoms with Gasteiger partial charge in [-0.25, -0.2) is 38.1 Å². The van der Waals surface area contributed by atoms with Crippen molar-refractivity contribution in [2.24, 2.45) is 0 Å². The van der Waals surface area contributed by atoms with Gasteiger partial charge in [0.15, 0.2) is 11.6 Å². The Morgan fingerprint density at radius 1 is 0.540 bits per heavy atom. The molecule has 19 heteroatoms. The van der Waals surface area contributed by atoms with Crippen LogP contribution in [0.2, 0.25) is 0 Å². The average Bonchev–Trinajstić information content (AvgIpc) is 3.74. The lowest BCUT2D eigenvalue weighted by Crippen LogP contribution is -2.44. The predicted octanol–water partition coefficient (Wildman–Crippen LogP) is 9.23. The molecule has 0 aliphatic rings. The van der Waals surface area contributed by atoms with Crippen LogP contribution < -0.4 is 10.6 Å². The molecular formula is C44H60N6O13. The number of nitrogens with two attached hydrogens (primary N) is 1. The molecule has 2 amide bonds. The molecular weight excluding hydrogens is 821 g/mol. The molecule has 0 bridgehead atoms. The molecule has 0 radical (unpaired) electrons. The van der Waals surface area contributed by atoms with E-state index in [9.17, 15) is 28.8 Å². The highest BCUT2D eigenvalue weighted by Gasteiger charge is 2.38. The summed E-state index contributed by atoms with van der Waals surface area (Å²) in [6.07, 6.45) is -1.20. The van der Waals surface area contributed by atoms with E-state index in [0.29, 0.717) is 17.2 Å². The van der Waals surface area contributed by atoms with E-state index in [1.807, 2.05) is 36.4 Å². The molecule has 63 heavy (non-hydrogen) atoms. The van der Waals surface area contributed by atoms with E-state index in [2.05, 4.69) is 14.9 Å². The maximum Gasteiger partial charge on any atom is 0.519 e. The standard InChI is InChI=1S/C22H29N3O6.C12H13N3O2.C10H18O5/c1-8-29-18(26)16-14-24(15-12-10-9-11-13-15)23-17(16)25(19(27)30-21(2,3)4)20(28)31-22(5,6)7;1-2-17-12(16)10-8-15(14-11(10)13)9-6-4-3-5-7-9;1-9(2,3)14-7(11)13-8(12)15-10(4,5)6/h9-14H,8H2,1-7H3;3-8H,2H2,1H3,(H2,13,14);1-6H3. The Kier molecular flexibility index (Phi) is 18.4. The van der Waals surface area contributed by atoms with Crippen LogP contribution in [0.5, 0.6) is 0 Å². The zero-order chi connectivity index (χ0) is 47.9. The Morgan fingerprint density at radius 2 is 0.889 bits per heavy atom. The van der Waals surface area contributed by atoms with Crippen molar-refractivity contribution >= 4 is 48.1 Å². The normalized spacial score (nSPS) is 11.3. The molecule has 4 rings (SSSR count). The van der Waals surface area contributed by atoms with Crippen LogP contribution in [0.25, 0.3) is 11.4 Å². The Balaban J connectivity index is 0.000000359. The third kappa shape index (κ3) is 18.7. The summed E-state index contributed by atoms with van der Waals surface area (Å²) in [4.78, 5) is 72.7. The van der Waals surface area contributed by atoms with Gasteiger partial charge in [-0.2, -0.15) is 4.90 Å². The smallest absolute Gasteiger partial charge is 0.462 e. The molecule has 2 heterocycles. The number of rotatable bonds is 7. The Morgan fingerprint density at radius 3 is 1.25 bits per heavy atom. The number of benzene rings is 2. The van der Waals surface area contributed by atoms with Crippen LogP contribution in [0, 0.1) is 0 Å². The molecule has 4 aromatic rings. The SMILES string of the molecule is CC(C)(C)OC(=O)OC(=O)OC(C)(C)C.CCOC(=O)c1cn(-c2ccccc2)nc1N.CCOC(=O)c1cn(-c2ccccc2)nc1N(C(=O)OC(C)(C)C)C(=O)OC(C)(C)C. The third-order valence-electron chi connectivity index (χ3n) is 6.78. The molecule has 0 spiro atoms. The number of para-hydroxylation sites is 2. The summed E-state index contributed by atoms with van der Waals surface area (Å²) in [5.74, 6) is -1.26. The lowest BCUT2D eigenvalue weighted by molar-refractivity contribution is -0.0295. The van der Waals surface area contributed by atoms with Crippen LogP contribution in [0.3, 0.4) is 0 Å². The molecule has 0 fully saturated rings. The summed E-state index contributed by atoms with van der Waals surface area (Å²) < 4.78 is 37.5. The highest BCUT2D eigenvalue weighted by atomic mass is 16.8. The van der Waals surface area contributed by atoms with E-state index in [4.69, 9.17) is 34.2 Å². The number of imide groups is 1. The van der Waals surface area contributed by atoms with Gasteiger partial charge in [0.05, 0.1) is 24.6 Å². The second kappa shape index (κ2) is 22.3. The lowest BCUT2D eigenvalue weighted by Gasteiger charge is -2.27. The number of anilines is 2. The van der Waals surface area contributed by atoms with Gasteiger partial charge in [-0.1, -0.05) is 36.4 Å². The summed E-state index contributed by atoms with van der Waals surface area (Å²) in [5, 5.41) is 8.40. The van der Waals surface area contributed by atoms with E-state index in [1.54, 1.807) is 132 Å². The Labute approximate surface area is 367 Å². The van der Waals surface area contributed by atoms with E-state index in [-0.39, 0.29) is 29.4 Å². The molecule has 0 saturated heterocycles. The maximum atomic E-state index is 13.0. The van der Waals surface area contributed by atoms with Crippen LogP contribution in [0.1, 0.15) is 118 Å². The fraction of sp³-hybridized carbons (Fsp3) is 0.455. The minimum absolute atomic E-state index is 0.0811. The van der Waals surface area contributed by atoms with Crippen molar-refractivity contribution in [3.05, 3.63) is 84.2 Å². The minimum atomic E-state index is -1.06. The van der Waals surface area contributed by atoms with Gasteiger partial charge < -0.3 is 38.9 Å². The van der Waals surface area contributed by atoms with Crippen molar-refractivity contribution in [2.75, 3.05) is 23.8 Å². The van der Waals surface area contributed by atoms with Gasteiger partial charge in [0.25, 0.3) is 0 Å². The van der Waals surface area contributed by atoms with E-state index >= 15 is 0 Å². The molecule has 2 aromatic carbocycles. The van der Waals surface area contributed by atoms with Crippen molar-refractivity contribution < 1.29 is 61.9 Å². The number of nitrogens with zero attached hydrogens (tertiary/aromatic N) is 5. The highest BCUT2D eigenvalue weighted by Crippen LogP contribution is 2.26. The zero-order valence-corrected chi connectivity index (χ0v) is 38.5. The molecule has 0 unspecified atom stereocenters. The van der Waals surface area contributed by atoms with Crippen LogP contribution >= 0.6 is 0 Å². The third-order valence-corrected chi connectivity index (χ3v) is 6.78. The maximum absolute atomic E-state index is 13.0. The first kappa shape index (κ1) is 52.2. The zero-order valence-electron chi connectivity index (χ0n) is 38.5. The van der Waals surface area contributed by atoms with Gasteiger partial charge in [0.1, 0.15) is 33.5 Å². The van der Waals surface area contributed by atoms with Crippen LogP contribution in [-0.2, 0) is 33.2 Å². The number of hydrogen-bond donors (Lipinski definition) is 1. The topological polar surface area (TPSA) is 232 Å². The number of carbonyl (C=O) groups is 6. The number of carbonyl (C=O) groups excluding carboxylic acids is 6. The second-order valence-electron chi connectivity index (χ2n) is 17.1. The Bertz CT molecular complexity index is 2100. The fourth-order valence-electron chi connectivity index (χ4n) is 4.53. The van der Waals surface area contributed by atoms with Gasteiger partial charge in [-0.05, 0) is 121 Å². The molecule has 0 aliphatic heterocycles. The molecule has 0 aliphatic carbocycles. The molecule has 0 saturated carbocycles. The van der Waals surface area contributed by atoms with Gasteiger partial charge in [0.2, 0.25) is 0 Å². The number of aromatic nitrogens is 4. The summed E-state index contributed by atoms with van der Waals surface area (Å²) in [5.41, 5.74) is 4.15. The molecule has 19 nitrogen and oxygen atoms in total. The second-order valence-corrected chi connectivity index (χ2v) is 17.1. The van der Waals surface area contributed by atoms with Gasteiger partial charge in [0, 0.05) is 12.4 Å². The number of amides is 2. The minimum Gasteiger partial charge on any atom is -0.462 e. The van der Waals surface area contributed by atoms with Crippen molar-refractivity contribution in [1.82, 2.24) is 19.6 Å². The summed E-state index contributed by atoms with van der Waals surface area (Å²) >= 11 is 0. The summed E-state index contributed by atoms with van der Waals surface area (Å²) in [6.45, 7) is 23.8. The lowest BCUT2D eigenvalue weighted by atomic mass is 10.2. The van der Waals surface area contributed by atoms with E-state index in [1.165, 1.54) is 10.9 Å². The number of hydrogen-bond acceptors (Lipinski definition) is 16. The van der Waals surface area contributed by atoms with Crippen molar-refractivity contribution in [2.45, 2.75) is 119 Å². The molecule has 2 N–H and O–H groups in total. The van der Waals surface area contributed by atoms with Gasteiger partial charge in [-0.3, -0.25) is 0 Å². The molecule has 2 aromatic heterocycles. The predicted molar refractivity (Wildman–Crippen MR) is 232 cm³/mol. The number of esters is 2. The van der Waals surface area contributed by atoms with Crippen LogP contribution in [0.15, 0.2) is 73.1 Å². The first-order valence-electron chi connectivity index (χ1n) is 19.8. The fourth-order valence-corrected chi connectivity index (χ4v) is 4.53. The van der Waals surface area contributed by atoms with Gasteiger partial charge >= 0.3 is 36.4 Å². The van der Waals surface area contributed by atoms with Crippen molar-refractivity contribution in [1.29, 1.82) is 0 Å².